The van der Waals surface area contributed by atoms with Gasteiger partial charge in [0.25, 0.3) is 5.91 Å². The molecule has 0 saturated carbocycles. The fourth-order valence-corrected chi connectivity index (χ4v) is 3.34. The number of ether oxygens (including phenoxy) is 2. The Hall–Kier alpha value is -1.64. The normalized spacial score (nSPS) is 18.3. The van der Waals surface area contributed by atoms with Crippen molar-refractivity contribution in [2.45, 2.75) is 30.8 Å². The van der Waals surface area contributed by atoms with E-state index >= 15 is 0 Å². The van der Waals surface area contributed by atoms with Gasteiger partial charge in [-0.25, -0.2) is 13.1 Å². The third kappa shape index (κ3) is 4.43. The van der Waals surface area contributed by atoms with Crippen LogP contribution in [0.3, 0.4) is 0 Å². The number of hydrogen-bond donors (Lipinski definition) is 2. The number of hydrogen-bond acceptors (Lipinski definition) is 5. The first kappa shape index (κ1) is 16.7. The fourth-order valence-electron chi connectivity index (χ4n) is 2.19. The molecule has 0 bridgehead atoms. The van der Waals surface area contributed by atoms with Gasteiger partial charge in [0.05, 0.1) is 11.0 Å². The highest BCUT2D eigenvalue weighted by atomic mass is 32.2. The maximum atomic E-state index is 12.2. The monoisotopic (exact) mass is 328 g/mol. The van der Waals surface area contributed by atoms with Crippen LogP contribution in [0.25, 0.3) is 0 Å². The van der Waals surface area contributed by atoms with Crippen LogP contribution in [0.4, 0.5) is 0 Å². The van der Waals surface area contributed by atoms with Gasteiger partial charge in [-0.05, 0) is 43.5 Å². The van der Waals surface area contributed by atoms with Crippen molar-refractivity contribution in [2.24, 2.45) is 5.73 Å². The lowest BCUT2D eigenvalue weighted by atomic mass is 10.2. The van der Waals surface area contributed by atoms with Crippen LogP contribution in [0.15, 0.2) is 23.1 Å². The van der Waals surface area contributed by atoms with E-state index in [1.54, 1.807) is 6.92 Å². The van der Waals surface area contributed by atoms with E-state index in [9.17, 15) is 13.2 Å². The lowest BCUT2D eigenvalue weighted by Gasteiger charge is -2.13. The van der Waals surface area contributed by atoms with E-state index in [1.807, 2.05) is 0 Å². The predicted octanol–water partition coefficient (Wildman–Crippen LogP) is 0.316. The van der Waals surface area contributed by atoms with E-state index in [0.717, 1.165) is 12.8 Å². The van der Waals surface area contributed by atoms with E-state index in [4.69, 9.17) is 15.2 Å². The van der Waals surface area contributed by atoms with Crippen molar-refractivity contribution in [3.05, 3.63) is 23.8 Å². The van der Waals surface area contributed by atoms with E-state index in [0.29, 0.717) is 17.9 Å². The number of carbonyl (C=O) groups is 1. The third-order valence-corrected chi connectivity index (χ3v) is 4.77. The van der Waals surface area contributed by atoms with Crippen LogP contribution in [0.1, 0.15) is 18.4 Å². The molecule has 1 aromatic rings. The molecule has 2 rings (SSSR count). The van der Waals surface area contributed by atoms with Crippen LogP contribution < -0.4 is 15.2 Å². The van der Waals surface area contributed by atoms with Gasteiger partial charge in [-0.1, -0.05) is 0 Å². The standard InChI is InChI=1S/C14H20N2O5S/c1-10-7-12(4-5-13(10)21-9-14(15)17)22(18,19)16-8-11-3-2-6-20-11/h4-5,7,11,16H,2-3,6,8-9H2,1H3,(H2,15,17)/t11-/m1/s1. The fraction of sp³-hybridized carbons (Fsp3) is 0.500. The first-order valence-electron chi connectivity index (χ1n) is 7.01. The highest BCUT2D eigenvalue weighted by molar-refractivity contribution is 7.89. The highest BCUT2D eigenvalue weighted by Crippen LogP contribution is 2.22. The molecule has 8 heteroatoms. The molecule has 1 saturated heterocycles. The van der Waals surface area contributed by atoms with Gasteiger partial charge in [-0.2, -0.15) is 0 Å². The zero-order chi connectivity index (χ0) is 16.2. The smallest absolute Gasteiger partial charge is 0.255 e. The number of amides is 1. The van der Waals surface area contributed by atoms with Gasteiger partial charge in [0.1, 0.15) is 5.75 Å². The number of rotatable bonds is 7. The number of benzene rings is 1. The van der Waals surface area contributed by atoms with Gasteiger partial charge >= 0.3 is 0 Å². The van der Waals surface area contributed by atoms with Crippen molar-refractivity contribution >= 4 is 15.9 Å². The van der Waals surface area contributed by atoms with Crippen molar-refractivity contribution in [3.8, 4) is 5.75 Å². The molecule has 22 heavy (non-hydrogen) atoms. The molecule has 1 aliphatic rings. The maximum absolute atomic E-state index is 12.2. The van der Waals surface area contributed by atoms with Gasteiger partial charge in [0, 0.05) is 13.2 Å². The minimum atomic E-state index is -3.60. The van der Waals surface area contributed by atoms with Crippen LogP contribution in [0, 0.1) is 6.92 Å². The molecule has 1 fully saturated rings. The first-order valence-corrected chi connectivity index (χ1v) is 8.50. The van der Waals surface area contributed by atoms with Gasteiger partial charge in [0.2, 0.25) is 10.0 Å². The summed E-state index contributed by atoms with van der Waals surface area (Å²) in [6.07, 6.45) is 1.76. The van der Waals surface area contributed by atoms with Crippen LogP contribution in [0.2, 0.25) is 0 Å². The van der Waals surface area contributed by atoms with Gasteiger partial charge in [-0.3, -0.25) is 4.79 Å². The molecule has 0 spiro atoms. The van der Waals surface area contributed by atoms with Crippen molar-refractivity contribution in [1.82, 2.24) is 4.72 Å². The second kappa shape index (κ2) is 7.08. The molecule has 0 radical (unpaired) electrons. The minimum Gasteiger partial charge on any atom is -0.484 e. The van der Waals surface area contributed by atoms with E-state index in [-0.39, 0.29) is 24.2 Å². The molecule has 1 aliphatic heterocycles. The van der Waals surface area contributed by atoms with Crippen molar-refractivity contribution in [3.63, 3.8) is 0 Å². The van der Waals surface area contributed by atoms with Crippen molar-refractivity contribution in [2.75, 3.05) is 19.8 Å². The van der Waals surface area contributed by atoms with Crippen molar-refractivity contribution in [1.29, 1.82) is 0 Å². The van der Waals surface area contributed by atoms with E-state index < -0.39 is 15.9 Å². The largest absolute Gasteiger partial charge is 0.484 e. The number of primary amides is 1. The summed E-state index contributed by atoms with van der Waals surface area (Å²) in [6, 6.07) is 4.44. The summed E-state index contributed by atoms with van der Waals surface area (Å²) in [7, 11) is -3.60. The molecule has 1 aromatic carbocycles. The maximum Gasteiger partial charge on any atom is 0.255 e. The molecule has 122 valence electrons. The summed E-state index contributed by atoms with van der Waals surface area (Å²) < 4.78 is 37.6. The average Bonchev–Trinajstić information content (AvgIpc) is 2.97. The summed E-state index contributed by atoms with van der Waals surface area (Å²) in [4.78, 5) is 10.8. The number of nitrogens with two attached hydrogens (primary N) is 1. The second-order valence-electron chi connectivity index (χ2n) is 5.17. The summed E-state index contributed by atoms with van der Waals surface area (Å²) in [5.41, 5.74) is 5.62. The summed E-state index contributed by atoms with van der Waals surface area (Å²) in [6.45, 7) is 2.40. The molecule has 0 unspecified atom stereocenters. The Balaban J connectivity index is 2.03. The van der Waals surface area contributed by atoms with Gasteiger partial charge < -0.3 is 15.2 Å². The quantitative estimate of drug-likeness (QED) is 0.749. The predicted molar refractivity (Wildman–Crippen MR) is 80.0 cm³/mol. The minimum absolute atomic E-state index is 0.0611. The number of carbonyl (C=O) groups excluding carboxylic acids is 1. The Morgan fingerprint density at radius 1 is 1.50 bits per heavy atom. The molecule has 0 aliphatic carbocycles. The summed E-state index contributed by atoms with van der Waals surface area (Å²) >= 11 is 0. The molecule has 1 amide bonds. The molecule has 1 heterocycles. The number of nitrogens with one attached hydrogen (secondary N) is 1. The molecule has 1 atom stereocenters. The van der Waals surface area contributed by atoms with Gasteiger partial charge in [-0.15, -0.1) is 0 Å². The van der Waals surface area contributed by atoms with Crippen LogP contribution in [0.5, 0.6) is 5.75 Å². The second-order valence-corrected chi connectivity index (χ2v) is 6.94. The number of sulfonamides is 1. The molecular formula is C14H20N2O5S. The van der Waals surface area contributed by atoms with Crippen LogP contribution in [-0.2, 0) is 19.6 Å². The van der Waals surface area contributed by atoms with Gasteiger partial charge in [0.15, 0.2) is 6.61 Å². The van der Waals surface area contributed by atoms with Crippen LogP contribution >= 0.6 is 0 Å². The van der Waals surface area contributed by atoms with E-state index in [2.05, 4.69) is 4.72 Å². The first-order chi connectivity index (χ1) is 10.4. The topological polar surface area (TPSA) is 108 Å². The zero-order valence-corrected chi connectivity index (χ0v) is 13.2. The lowest BCUT2D eigenvalue weighted by molar-refractivity contribution is -0.119. The van der Waals surface area contributed by atoms with E-state index in [1.165, 1.54) is 18.2 Å². The SMILES string of the molecule is Cc1cc(S(=O)(=O)NC[C@H]2CCCO2)ccc1OCC(N)=O. The summed E-state index contributed by atoms with van der Waals surface area (Å²) in [5.74, 6) is -0.161. The Labute approximate surface area is 129 Å². The average molecular weight is 328 g/mol. The molecule has 3 N–H and O–H groups in total. The van der Waals surface area contributed by atoms with Crippen molar-refractivity contribution < 1.29 is 22.7 Å². The molecular weight excluding hydrogens is 308 g/mol. The molecule has 0 aromatic heterocycles. The Morgan fingerprint density at radius 3 is 2.86 bits per heavy atom. The van der Waals surface area contributed by atoms with Crippen LogP contribution in [-0.4, -0.2) is 40.2 Å². The highest BCUT2D eigenvalue weighted by Gasteiger charge is 2.20. The summed E-state index contributed by atoms with van der Waals surface area (Å²) in [5, 5.41) is 0. The zero-order valence-electron chi connectivity index (χ0n) is 12.4. The Kier molecular flexibility index (Phi) is 5.38. The Morgan fingerprint density at radius 2 is 2.27 bits per heavy atom. The molecule has 7 nitrogen and oxygen atoms in total. The lowest BCUT2D eigenvalue weighted by Crippen LogP contribution is -2.31. The number of aryl methyl sites for hydroxylation is 1. The third-order valence-electron chi connectivity index (χ3n) is 3.35. The Bertz CT molecular complexity index is 639.